The normalized spacial score (nSPS) is 15.5. The van der Waals surface area contributed by atoms with Gasteiger partial charge in [0.1, 0.15) is 0 Å². The molecule has 1 aliphatic carbocycles. The van der Waals surface area contributed by atoms with Crippen molar-refractivity contribution >= 4 is 17.3 Å². The lowest BCUT2D eigenvalue weighted by molar-refractivity contribution is 0.525. The first kappa shape index (κ1) is 13.0. The number of benzene rings is 1. The van der Waals surface area contributed by atoms with Gasteiger partial charge in [0.25, 0.3) is 0 Å². The Kier molecular flexibility index (Phi) is 3.63. The first-order valence-corrected chi connectivity index (χ1v) is 7.31. The van der Waals surface area contributed by atoms with Crippen molar-refractivity contribution in [1.29, 1.82) is 0 Å². The molecule has 20 heavy (non-hydrogen) atoms. The van der Waals surface area contributed by atoms with E-state index in [1.165, 1.54) is 31.4 Å². The van der Waals surface area contributed by atoms with Gasteiger partial charge in [0.15, 0.2) is 0 Å². The van der Waals surface area contributed by atoms with E-state index in [1.54, 1.807) is 0 Å². The quantitative estimate of drug-likeness (QED) is 0.917. The summed E-state index contributed by atoms with van der Waals surface area (Å²) in [6, 6.07) is 9.04. The van der Waals surface area contributed by atoms with Crippen molar-refractivity contribution < 1.29 is 0 Å². The summed E-state index contributed by atoms with van der Waals surface area (Å²) in [5.74, 6) is 0.953. The smallest absolute Gasteiger partial charge is 0.207 e. The zero-order valence-corrected chi connectivity index (χ0v) is 12.2. The highest BCUT2D eigenvalue weighted by molar-refractivity contribution is 5.59. The van der Waals surface area contributed by atoms with Crippen LogP contribution in [-0.4, -0.2) is 23.6 Å². The molecular weight excluding hydrogens is 248 g/mol. The Hall–Kier alpha value is -1.97. The summed E-state index contributed by atoms with van der Waals surface area (Å²) < 4.78 is 2.28. The molecule has 4 heteroatoms. The second kappa shape index (κ2) is 5.57. The summed E-state index contributed by atoms with van der Waals surface area (Å²) in [4.78, 5) is 6.56. The van der Waals surface area contributed by atoms with Gasteiger partial charge in [-0.05, 0) is 37.1 Å². The van der Waals surface area contributed by atoms with Gasteiger partial charge in [-0.1, -0.05) is 12.8 Å². The maximum atomic E-state index is 4.46. The average molecular weight is 270 g/mol. The number of nitrogens with zero attached hydrogens (tertiary/aromatic N) is 3. The first-order valence-electron chi connectivity index (χ1n) is 7.31. The Balaban J connectivity index is 1.76. The molecule has 0 radical (unpaired) electrons. The lowest BCUT2D eigenvalue weighted by Crippen LogP contribution is -2.09. The molecular formula is C16H22N4. The van der Waals surface area contributed by atoms with Crippen LogP contribution in [0.4, 0.5) is 17.3 Å². The molecule has 0 amide bonds. The van der Waals surface area contributed by atoms with E-state index in [4.69, 9.17) is 0 Å². The van der Waals surface area contributed by atoms with Gasteiger partial charge < -0.3 is 14.8 Å². The van der Waals surface area contributed by atoms with E-state index in [0.717, 1.165) is 11.6 Å². The van der Waals surface area contributed by atoms with Crippen LogP contribution in [0.2, 0.25) is 0 Å². The van der Waals surface area contributed by atoms with Crippen LogP contribution in [-0.2, 0) is 0 Å². The Labute approximate surface area is 120 Å². The van der Waals surface area contributed by atoms with Gasteiger partial charge in [0.05, 0.1) is 0 Å². The average Bonchev–Trinajstić information content (AvgIpc) is 3.09. The van der Waals surface area contributed by atoms with Crippen molar-refractivity contribution in [2.45, 2.75) is 31.7 Å². The van der Waals surface area contributed by atoms with Gasteiger partial charge >= 0.3 is 0 Å². The second-order valence-corrected chi connectivity index (χ2v) is 5.66. The molecule has 1 saturated carbocycles. The van der Waals surface area contributed by atoms with Crippen molar-refractivity contribution in [1.82, 2.24) is 9.55 Å². The van der Waals surface area contributed by atoms with Gasteiger partial charge in [-0.2, -0.15) is 0 Å². The third-order valence-corrected chi connectivity index (χ3v) is 4.03. The number of rotatable bonds is 4. The number of hydrogen-bond donors (Lipinski definition) is 1. The van der Waals surface area contributed by atoms with E-state index in [1.807, 2.05) is 6.20 Å². The lowest BCUT2D eigenvalue weighted by Gasteiger charge is -2.16. The van der Waals surface area contributed by atoms with Crippen LogP contribution < -0.4 is 10.2 Å². The van der Waals surface area contributed by atoms with Crippen LogP contribution in [0.5, 0.6) is 0 Å². The van der Waals surface area contributed by atoms with Crippen molar-refractivity contribution in [3.63, 3.8) is 0 Å². The fraction of sp³-hybridized carbons (Fsp3) is 0.438. The topological polar surface area (TPSA) is 33.1 Å². The minimum atomic E-state index is 0.612. The molecule has 3 rings (SSSR count). The highest BCUT2D eigenvalue weighted by Gasteiger charge is 2.19. The van der Waals surface area contributed by atoms with Gasteiger partial charge in [0, 0.05) is 43.9 Å². The highest BCUT2D eigenvalue weighted by Crippen LogP contribution is 2.32. The van der Waals surface area contributed by atoms with Gasteiger partial charge in [-0.15, -0.1) is 0 Å². The Morgan fingerprint density at radius 2 is 1.85 bits per heavy atom. The van der Waals surface area contributed by atoms with Crippen molar-refractivity contribution in [2.24, 2.45) is 0 Å². The standard InChI is InChI=1S/C16H22N4/c1-19(2)14-9-7-13(8-10-14)18-16-17-11-12-20(16)15-5-3-4-6-15/h7-12,15H,3-6H2,1-2H3,(H,17,18). The third-order valence-electron chi connectivity index (χ3n) is 4.03. The molecule has 1 aliphatic rings. The highest BCUT2D eigenvalue weighted by atomic mass is 15.2. The van der Waals surface area contributed by atoms with Gasteiger partial charge in [0.2, 0.25) is 5.95 Å². The van der Waals surface area contributed by atoms with E-state index in [9.17, 15) is 0 Å². The molecule has 0 atom stereocenters. The molecule has 1 N–H and O–H groups in total. The van der Waals surface area contributed by atoms with E-state index in [2.05, 4.69) is 64.3 Å². The van der Waals surface area contributed by atoms with Crippen LogP contribution in [0.3, 0.4) is 0 Å². The van der Waals surface area contributed by atoms with Gasteiger partial charge in [-0.25, -0.2) is 4.98 Å². The van der Waals surface area contributed by atoms with Crippen LogP contribution in [0.1, 0.15) is 31.7 Å². The Bertz CT molecular complexity index is 550. The molecule has 1 fully saturated rings. The third kappa shape index (κ3) is 2.64. The van der Waals surface area contributed by atoms with Gasteiger partial charge in [-0.3, -0.25) is 0 Å². The zero-order chi connectivity index (χ0) is 13.9. The van der Waals surface area contributed by atoms with Crippen LogP contribution in [0.15, 0.2) is 36.7 Å². The predicted molar refractivity (Wildman–Crippen MR) is 83.8 cm³/mol. The molecule has 1 aromatic carbocycles. The molecule has 106 valence electrons. The van der Waals surface area contributed by atoms with Crippen molar-refractivity contribution in [3.8, 4) is 0 Å². The summed E-state index contributed by atoms with van der Waals surface area (Å²) in [5, 5.41) is 3.43. The molecule has 4 nitrogen and oxygen atoms in total. The molecule has 0 saturated heterocycles. The summed E-state index contributed by atoms with van der Waals surface area (Å²) >= 11 is 0. The fourth-order valence-corrected chi connectivity index (χ4v) is 2.86. The molecule has 2 aromatic rings. The molecule has 1 heterocycles. The maximum absolute atomic E-state index is 4.46. The van der Waals surface area contributed by atoms with Crippen molar-refractivity contribution in [3.05, 3.63) is 36.7 Å². The van der Waals surface area contributed by atoms with E-state index >= 15 is 0 Å². The van der Waals surface area contributed by atoms with Crippen LogP contribution in [0.25, 0.3) is 0 Å². The Morgan fingerprint density at radius 1 is 1.15 bits per heavy atom. The summed E-state index contributed by atoms with van der Waals surface area (Å²) in [6.45, 7) is 0. The zero-order valence-electron chi connectivity index (χ0n) is 12.2. The maximum Gasteiger partial charge on any atom is 0.207 e. The van der Waals surface area contributed by atoms with Crippen LogP contribution >= 0.6 is 0 Å². The second-order valence-electron chi connectivity index (χ2n) is 5.66. The predicted octanol–water partition coefficient (Wildman–Crippen LogP) is 3.81. The summed E-state index contributed by atoms with van der Waals surface area (Å²) in [6.07, 6.45) is 9.18. The van der Waals surface area contributed by atoms with E-state index in [0.29, 0.717) is 6.04 Å². The number of anilines is 3. The summed E-state index contributed by atoms with van der Waals surface area (Å²) in [7, 11) is 4.10. The summed E-state index contributed by atoms with van der Waals surface area (Å²) in [5.41, 5.74) is 2.29. The first-order chi connectivity index (χ1) is 9.74. The fourth-order valence-electron chi connectivity index (χ4n) is 2.86. The molecule has 0 bridgehead atoms. The number of imidazole rings is 1. The molecule has 1 aromatic heterocycles. The lowest BCUT2D eigenvalue weighted by atomic mass is 10.2. The van der Waals surface area contributed by atoms with E-state index < -0.39 is 0 Å². The number of hydrogen-bond acceptors (Lipinski definition) is 3. The minimum absolute atomic E-state index is 0.612. The SMILES string of the molecule is CN(C)c1ccc(Nc2nccn2C2CCCC2)cc1. The number of nitrogens with one attached hydrogen (secondary N) is 1. The minimum Gasteiger partial charge on any atom is -0.378 e. The monoisotopic (exact) mass is 270 g/mol. The number of aromatic nitrogens is 2. The largest absolute Gasteiger partial charge is 0.378 e. The van der Waals surface area contributed by atoms with Crippen LogP contribution in [0, 0.1) is 0 Å². The molecule has 0 aliphatic heterocycles. The molecule has 0 unspecified atom stereocenters. The Morgan fingerprint density at radius 3 is 2.50 bits per heavy atom. The molecule has 0 spiro atoms. The van der Waals surface area contributed by atoms with Crippen molar-refractivity contribution in [2.75, 3.05) is 24.3 Å². The van der Waals surface area contributed by atoms with E-state index in [-0.39, 0.29) is 0 Å².